The molecule has 5 rings (SSSR count). The highest BCUT2D eigenvalue weighted by molar-refractivity contribution is 5.74. The van der Waals surface area contributed by atoms with Gasteiger partial charge in [-0.25, -0.2) is 9.18 Å². The number of hydrogen-bond acceptors (Lipinski definition) is 2. The first-order valence-electron chi connectivity index (χ1n) is 11.3. The molecule has 32 heavy (non-hydrogen) atoms. The Labute approximate surface area is 188 Å². The summed E-state index contributed by atoms with van der Waals surface area (Å²) in [6, 6.07) is 27.5. The van der Waals surface area contributed by atoms with Crippen molar-refractivity contribution in [3.63, 3.8) is 0 Å². The van der Waals surface area contributed by atoms with E-state index >= 15 is 0 Å². The topological polar surface area (TPSA) is 35.6 Å². The highest BCUT2D eigenvalue weighted by atomic mass is 19.1. The molecule has 0 aliphatic carbocycles. The molecule has 3 aromatic carbocycles. The number of nitrogens with one attached hydrogen (secondary N) is 1. The molecular formula is C27H28FN3O. The predicted octanol–water partition coefficient (Wildman–Crippen LogP) is 5.38. The van der Waals surface area contributed by atoms with Gasteiger partial charge in [-0.1, -0.05) is 66.7 Å². The molecule has 2 aliphatic heterocycles. The normalized spacial score (nSPS) is 19.5. The van der Waals surface area contributed by atoms with Gasteiger partial charge >= 0.3 is 6.03 Å². The lowest BCUT2D eigenvalue weighted by Gasteiger charge is -2.61. The zero-order valence-electron chi connectivity index (χ0n) is 18.1. The molecule has 0 saturated carbocycles. The van der Waals surface area contributed by atoms with Gasteiger partial charge in [0.05, 0.1) is 6.04 Å². The average molecular weight is 430 g/mol. The van der Waals surface area contributed by atoms with E-state index in [1.165, 1.54) is 11.6 Å². The summed E-state index contributed by atoms with van der Waals surface area (Å²) in [5.74, 6) is -0.208. The molecule has 2 amide bonds. The summed E-state index contributed by atoms with van der Waals surface area (Å²) in [5, 5.41) is 3.05. The first kappa shape index (κ1) is 20.6. The first-order chi connectivity index (χ1) is 15.6. The van der Waals surface area contributed by atoms with Crippen LogP contribution in [0.15, 0.2) is 84.9 Å². The number of likely N-dealkylation sites (tertiary alicyclic amines) is 1. The van der Waals surface area contributed by atoms with Gasteiger partial charge in [0, 0.05) is 37.3 Å². The summed E-state index contributed by atoms with van der Waals surface area (Å²) in [5.41, 5.74) is 3.38. The Morgan fingerprint density at radius 3 is 2.31 bits per heavy atom. The average Bonchev–Trinajstić information content (AvgIpc) is 2.83. The molecule has 4 nitrogen and oxygen atoms in total. The van der Waals surface area contributed by atoms with E-state index < -0.39 is 0 Å². The van der Waals surface area contributed by atoms with Crippen LogP contribution < -0.4 is 10.2 Å². The van der Waals surface area contributed by atoms with Crippen LogP contribution in [0.5, 0.6) is 0 Å². The molecule has 1 atom stereocenters. The highest BCUT2D eigenvalue weighted by Gasteiger charge is 2.54. The van der Waals surface area contributed by atoms with Gasteiger partial charge in [-0.15, -0.1) is 0 Å². The number of benzene rings is 3. The first-order valence-corrected chi connectivity index (χ1v) is 11.3. The number of piperidine rings is 1. The number of anilines is 1. The smallest absolute Gasteiger partial charge is 0.317 e. The zero-order valence-corrected chi connectivity index (χ0v) is 18.1. The molecule has 2 saturated heterocycles. The van der Waals surface area contributed by atoms with E-state index in [1.54, 1.807) is 12.1 Å². The maximum absolute atomic E-state index is 13.9. The van der Waals surface area contributed by atoms with Crippen LogP contribution >= 0.6 is 0 Å². The van der Waals surface area contributed by atoms with Crippen LogP contribution in [0.2, 0.25) is 0 Å². The lowest BCUT2D eigenvalue weighted by Crippen LogP contribution is -2.63. The van der Waals surface area contributed by atoms with Crippen LogP contribution in [0.3, 0.4) is 0 Å². The SMILES string of the molecule is O=C(NCc1ccccc1)N1CCC2(CC1)CN(c1cccc(F)c1)C2c1ccccc1. The summed E-state index contributed by atoms with van der Waals surface area (Å²) in [6.45, 7) is 2.90. The van der Waals surface area contributed by atoms with Gasteiger partial charge in [0.2, 0.25) is 0 Å². The highest BCUT2D eigenvalue weighted by Crippen LogP contribution is 2.56. The Balaban J connectivity index is 1.28. The van der Waals surface area contributed by atoms with Crippen LogP contribution in [0, 0.1) is 11.2 Å². The summed E-state index contributed by atoms with van der Waals surface area (Å²) in [7, 11) is 0. The van der Waals surface area contributed by atoms with Crippen LogP contribution in [0.25, 0.3) is 0 Å². The Hall–Kier alpha value is -3.34. The van der Waals surface area contributed by atoms with Crippen LogP contribution in [0.1, 0.15) is 30.0 Å². The van der Waals surface area contributed by atoms with Gasteiger partial charge in [0.25, 0.3) is 0 Å². The Bertz CT molecular complexity index is 1060. The van der Waals surface area contributed by atoms with Crippen molar-refractivity contribution in [2.24, 2.45) is 5.41 Å². The van der Waals surface area contributed by atoms with E-state index in [-0.39, 0.29) is 23.3 Å². The Kier molecular flexibility index (Phi) is 5.56. The maximum Gasteiger partial charge on any atom is 0.317 e. The number of hydrogen-bond donors (Lipinski definition) is 1. The molecule has 1 spiro atoms. The number of urea groups is 1. The Morgan fingerprint density at radius 2 is 1.62 bits per heavy atom. The molecular weight excluding hydrogens is 401 g/mol. The fraction of sp³-hybridized carbons (Fsp3) is 0.296. The van der Waals surface area contributed by atoms with Crippen LogP contribution in [-0.4, -0.2) is 30.6 Å². The van der Waals surface area contributed by atoms with Crippen LogP contribution in [-0.2, 0) is 6.54 Å². The van der Waals surface area contributed by atoms with Crippen molar-refractivity contribution >= 4 is 11.7 Å². The molecule has 3 aromatic rings. The third kappa shape index (κ3) is 3.95. The maximum atomic E-state index is 13.9. The molecule has 1 unspecified atom stereocenters. The van der Waals surface area contributed by atoms with Crippen molar-refractivity contribution in [1.82, 2.24) is 10.2 Å². The van der Waals surface area contributed by atoms with Crippen LogP contribution in [0.4, 0.5) is 14.9 Å². The second kappa shape index (κ2) is 8.65. The summed E-state index contributed by atoms with van der Waals surface area (Å²) in [6.07, 6.45) is 1.88. The monoisotopic (exact) mass is 429 g/mol. The van der Waals surface area contributed by atoms with Crippen molar-refractivity contribution in [3.8, 4) is 0 Å². The van der Waals surface area contributed by atoms with Gasteiger partial charge in [-0.2, -0.15) is 0 Å². The molecule has 2 aliphatic rings. The van der Waals surface area contributed by atoms with Gasteiger partial charge in [0.1, 0.15) is 5.82 Å². The van der Waals surface area contributed by atoms with Gasteiger partial charge in [-0.3, -0.25) is 0 Å². The van der Waals surface area contributed by atoms with E-state index in [9.17, 15) is 9.18 Å². The minimum atomic E-state index is -0.208. The molecule has 1 N–H and O–H groups in total. The number of amides is 2. The van der Waals surface area contributed by atoms with Gasteiger partial charge < -0.3 is 15.1 Å². The van der Waals surface area contributed by atoms with Crippen molar-refractivity contribution in [2.75, 3.05) is 24.5 Å². The summed E-state index contributed by atoms with van der Waals surface area (Å²) < 4.78 is 13.9. The minimum absolute atomic E-state index is 0.00118. The number of carbonyl (C=O) groups excluding carboxylic acids is 1. The van der Waals surface area contributed by atoms with Crippen molar-refractivity contribution in [2.45, 2.75) is 25.4 Å². The zero-order chi connectivity index (χ0) is 22.0. The van der Waals surface area contributed by atoms with E-state index in [1.807, 2.05) is 47.4 Å². The molecule has 2 heterocycles. The fourth-order valence-electron chi connectivity index (χ4n) is 5.27. The third-order valence-electron chi connectivity index (χ3n) is 6.97. The second-order valence-corrected chi connectivity index (χ2v) is 8.91. The summed E-state index contributed by atoms with van der Waals surface area (Å²) in [4.78, 5) is 17.0. The predicted molar refractivity (Wildman–Crippen MR) is 125 cm³/mol. The third-order valence-corrected chi connectivity index (χ3v) is 6.97. The summed E-state index contributed by atoms with van der Waals surface area (Å²) >= 11 is 0. The number of halogens is 1. The molecule has 2 fully saturated rings. The van der Waals surface area contributed by atoms with E-state index in [4.69, 9.17) is 0 Å². The van der Waals surface area contributed by atoms with E-state index in [0.29, 0.717) is 6.54 Å². The van der Waals surface area contributed by atoms with Gasteiger partial charge in [0.15, 0.2) is 0 Å². The quantitative estimate of drug-likeness (QED) is 0.604. The van der Waals surface area contributed by atoms with Crippen molar-refractivity contribution in [1.29, 1.82) is 0 Å². The van der Waals surface area contributed by atoms with Gasteiger partial charge in [-0.05, 0) is 42.2 Å². The second-order valence-electron chi connectivity index (χ2n) is 8.91. The number of rotatable bonds is 4. The molecule has 0 radical (unpaired) electrons. The largest absolute Gasteiger partial charge is 0.363 e. The van der Waals surface area contributed by atoms with E-state index in [2.05, 4.69) is 34.5 Å². The number of nitrogens with zero attached hydrogens (tertiary/aromatic N) is 2. The minimum Gasteiger partial charge on any atom is -0.363 e. The number of carbonyl (C=O) groups is 1. The van der Waals surface area contributed by atoms with Crippen molar-refractivity contribution in [3.05, 3.63) is 102 Å². The molecule has 164 valence electrons. The van der Waals surface area contributed by atoms with Crippen molar-refractivity contribution < 1.29 is 9.18 Å². The lowest BCUT2D eigenvalue weighted by atomic mass is 9.63. The fourth-order valence-corrected chi connectivity index (χ4v) is 5.27. The standard InChI is InChI=1S/C27H28FN3O/c28-23-12-7-13-24(18-23)31-20-27(25(31)22-10-5-2-6-11-22)14-16-30(17-15-27)26(32)29-19-21-8-3-1-4-9-21/h1-13,18,25H,14-17,19-20H2,(H,29,32). The Morgan fingerprint density at radius 1 is 0.938 bits per heavy atom. The van der Waals surface area contributed by atoms with E-state index in [0.717, 1.165) is 43.7 Å². The molecule has 5 heteroatoms. The lowest BCUT2D eigenvalue weighted by molar-refractivity contribution is 0.0435. The molecule has 0 bridgehead atoms. The molecule has 0 aromatic heterocycles.